The number of benzene rings is 1. The lowest BCUT2D eigenvalue weighted by Crippen LogP contribution is -1.90. The van der Waals surface area contributed by atoms with Gasteiger partial charge < -0.3 is 9.26 Å². The van der Waals surface area contributed by atoms with E-state index in [4.69, 9.17) is 9.26 Å². The monoisotopic (exact) mass is 235 g/mol. The zero-order valence-corrected chi connectivity index (χ0v) is 9.36. The van der Waals surface area contributed by atoms with Gasteiger partial charge in [0.1, 0.15) is 0 Å². The number of hydrogen-bond donors (Lipinski definition) is 0. The van der Waals surface area contributed by atoms with Crippen molar-refractivity contribution in [2.45, 2.75) is 6.92 Å². The zero-order valence-electron chi connectivity index (χ0n) is 9.36. The van der Waals surface area contributed by atoms with Crippen LogP contribution in [0, 0.1) is 12.7 Å². The van der Waals surface area contributed by atoms with E-state index in [2.05, 4.69) is 5.16 Å². The fraction of sp³-hybridized carbons (Fsp3) is 0.167. The first-order chi connectivity index (χ1) is 8.17. The van der Waals surface area contributed by atoms with Gasteiger partial charge in [-0.1, -0.05) is 5.16 Å². The maximum absolute atomic E-state index is 13.5. The summed E-state index contributed by atoms with van der Waals surface area (Å²) < 4.78 is 23.3. The standard InChI is InChI=1S/C12H10FNO3/c1-7-9(6-15)12(17-14-7)8-3-4-11(16-2)10(13)5-8/h3-6H,1-2H3. The topological polar surface area (TPSA) is 52.3 Å². The van der Waals surface area contributed by atoms with Crippen molar-refractivity contribution in [2.24, 2.45) is 0 Å². The Hall–Kier alpha value is -2.17. The molecule has 2 rings (SSSR count). The minimum absolute atomic E-state index is 0.137. The Labute approximate surface area is 97.0 Å². The van der Waals surface area contributed by atoms with Gasteiger partial charge in [0.25, 0.3) is 0 Å². The Morgan fingerprint density at radius 3 is 2.82 bits per heavy atom. The molecule has 0 bridgehead atoms. The first kappa shape index (κ1) is 11.3. The van der Waals surface area contributed by atoms with E-state index in [1.54, 1.807) is 13.0 Å². The summed E-state index contributed by atoms with van der Waals surface area (Å²) >= 11 is 0. The van der Waals surface area contributed by atoms with Gasteiger partial charge in [0.2, 0.25) is 0 Å². The normalized spacial score (nSPS) is 10.3. The SMILES string of the molecule is COc1ccc(-c2onc(C)c2C=O)cc1F. The summed E-state index contributed by atoms with van der Waals surface area (Å²) in [7, 11) is 1.38. The summed E-state index contributed by atoms with van der Waals surface area (Å²) in [4.78, 5) is 10.9. The number of aldehydes is 1. The van der Waals surface area contributed by atoms with E-state index in [0.717, 1.165) is 0 Å². The lowest BCUT2D eigenvalue weighted by Gasteiger charge is -2.03. The van der Waals surface area contributed by atoms with Crippen LogP contribution in [0.1, 0.15) is 16.1 Å². The quantitative estimate of drug-likeness (QED) is 0.767. The summed E-state index contributed by atoms with van der Waals surface area (Å²) in [5, 5.41) is 3.68. The van der Waals surface area contributed by atoms with Crippen LogP contribution in [0.4, 0.5) is 4.39 Å². The van der Waals surface area contributed by atoms with Crippen LogP contribution in [0.3, 0.4) is 0 Å². The van der Waals surface area contributed by atoms with Gasteiger partial charge in [0.15, 0.2) is 23.6 Å². The van der Waals surface area contributed by atoms with E-state index >= 15 is 0 Å². The highest BCUT2D eigenvalue weighted by Crippen LogP contribution is 2.28. The number of halogens is 1. The van der Waals surface area contributed by atoms with E-state index in [0.29, 0.717) is 23.1 Å². The maximum Gasteiger partial charge on any atom is 0.177 e. The predicted octanol–water partition coefficient (Wildman–Crippen LogP) is 2.61. The molecule has 1 aromatic heterocycles. The average Bonchev–Trinajstić information content (AvgIpc) is 2.70. The van der Waals surface area contributed by atoms with Gasteiger partial charge >= 0.3 is 0 Å². The molecule has 1 heterocycles. The van der Waals surface area contributed by atoms with Crippen LogP contribution in [-0.4, -0.2) is 18.6 Å². The van der Waals surface area contributed by atoms with Crippen LogP contribution in [0.5, 0.6) is 5.75 Å². The van der Waals surface area contributed by atoms with Gasteiger partial charge in [-0.2, -0.15) is 0 Å². The second kappa shape index (κ2) is 4.37. The van der Waals surface area contributed by atoms with Crippen LogP contribution in [-0.2, 0) is 0 Å². The fourth-order valence-corrected chi connectivity index (χ4v) is 1.53. The van der Waals surface area contributed by atoms with Crippen molar-refractivity contribution in [3.8, 4) is 17.1 Å². The molecule has 2 aromatic rings. The third kappa shape index (κ3) is 1.91. The highest BCUT2D eigenvalue weighted by Gasteiger charge is 2.15. The number of hydrogen-bond acceptors (Lipinski definition) is 4. The molecule has 0 saturated carbocycles. The van der Waals surface area contributed by atoms with Gasteiger partial charge in [-0.15, -0.1) is 0 Å². The predicted molar refractivity (Wildman–Crippen MR) is 58.6 cm³/mol. The molecule has 0 aliphatic carbocycles. The first-order valence-corrected chi connectivity index (χ1v) is 4.92. The Balaban J connectivity index is 2.53. The largest absolute Gasteiger partial charge is 0.494 e. The van der Waals surface area contributed by atoms with Crippen molar-refractivity contribution in [3.63, 3.8) is 0 Å². The lowest BCUT2D eigenvalue weighted by molar-refractivity contribution is 0.112. The molecule has 0 fully saturated rings. The number of carbonyl (C=O) groups is 1. The molecule has 0 aliphatic heterocycles. The number of rotatable bonds is 3. The summed E-state index contributed by atoms with van der Waals surface area (Å²) in [6.07, 6.45) is 0.642. The number of carbonyl (C=O) groups excluding carboxylic acids is 1. The van der Waals surface area contributed by atoms with E-state index < -0.39 is 5.82 Å². The van der Waals surface area contributed by atoms with Crippen molar-refractivity contribution in [3.05, 3.63) is 35.3 Å². The minimum atomic E-state index is -0.518. The average molecular weight is 235 g/mol. The number of aryl methyl sites for hydroxylation is 1. The number of nitrogens with zero attached hydrogens (tertiary/aromatic N) is 1. The molecule has 0 aliphatic rings. The van der Waals surface area contributed by atoms with Crippen LogP contribution < -0.4 is 4.74 Å². The Morgan fingerprint density at radius 1 is 1.47 bits per heavy atom. The first-order valence-electron chi connectivity index (χ1n) is 4.92. The molecular formula is C12H10FNO3. The molecule has 0 amide bonds. The number of aromatic nitrogens is 1. The Kier molecular flexibility index (Phi) is 2.91. The molecule has 0 unspecified atom stereocenters. The molecule has 88 valence electrons. The molecule has 0 radical (unpaired) electrons. The van der Waals surface area contributed by atoms with Crippen molar-refractivity contribution < 1.29 is 18.4 Å². The molecule has 1 aromatic carbocycles. The third-order valence-electron chi connectivity index (χ3n) is 2.44. The van der Waals surface area contributed by atoms with Crippen LogP contribution in [0.25, 0.3) is 11.3 Å². The molecule has 0 N–H and O–H groups in total. The molecule has 17 heavy (non-hydrogen) atoms. The molecule has 5 heteroatoms. The van der Waals surface area contributed by atoms with Gasteiger partial charge in [-0.3, -0.25) is 4.79 Å². The lowest BCUT2D eigenvalue weighted by atomic mass is 10.1. The number of ether oxygens (including phenoxy) is 1. The van der Waals surface area contributed by atoms with Crippen LogP contribution in [0.2, 0.25) is 0 Å². The molecule has 0 spiro atoms. The Morgan fingerprint density at radius 2 is 2.24 bits per heavy atom. The highest BCUT2D eigenvalue weighted by molar-refractivity contribution is 5.86. The van der Waals surface area contributed by atoms with Crippen molar-refractivity contribution in [1.29, 1.82) is 0 Å². The maximum atomic E-state index is 13.5. The minimum Gasteiger partial charge on any atom is -0.494 e. The van der Waals surface area contributed by atoms with Crippen molar-refractivity contribution in [1.82, 2.24) is 5.16 Å². The summed E-state index contributed by atoms with van der Waals surface area (Å²) in [6.45, 7) is 1.65. The second-order valence-electron chi connectivity index (χ2n) is 3.48. The molecule has 4 nitrogen and oxygen atoms in total. The summed E-state index contributed by atoms with van der Waals surface area (Å²) in [5.41, 5.74) is 1.26. The molecular weight excluding hydrogens is 225 g/mol. The fourth-order valence-electron chi connectivity index (χ4n) is 1.53. The van der Waals surface area contributed by atoms with Crippen molar-refractivity contribution in [2.75, 3.05) is 7.11 Å². The highest BCUT2D eigenvalue weighted by atomic mass is 19.1. The summed E-state index contributed by atoms with van der Waals surface area (Å²) in [5.74, 6) is -0.118. The molecule has 0 atom stereocenters. The number of methoxy groups -OCH3 is 1. The summed E-state index contributed by atoms with van der Waals surface area (Å²) in [6, 6.07) is 4.32. The van der Waals surface area contributed by atoms with E-state index in [-0.39, 0.29) is 11.5 Å². The smallest absolute Gasteiger partial charge is 0.177 e. The van der Waals surface area contributed by atoms with E-state index in [9.17, 15) is 9.18 Å². The van der Waals surface area contributed by atoms with Gasteiger partial charge in [0, 0.05) is 5.56 Å². The Bertz CT molecular complexity index is 563. The van der Waals surface area contributed by atoms with Crippen molar-refractivity contribution >= 4 is 6.29 Å². The van der Waals surface area contributed by atoms with E-state index in [1.807, 2.05) is 0 Å². The van der Waals surface area contributed by atoms with Crippen LogP contribution >= 0.6 is 0 Å². The zero-order chi connectivity index (χ0) is 12.4. The second-order valence-corrected chi connectivity index (χ2v) is 3.48. The van der Waals surface area contributed by atoms with Gasteiger partial charge in [0.05, 0.1) is 18.4 Å². The third-order valence-corrected chi connectivity index (χ3v) is 2.44. The molecule has 0 saturated heterocycles. The van der Waals surface area contributed by atoms with E-state index in [1.165, 1.54) is 19.2 Å². The van der Waals surface area contributed by atoms with Gasteiger partial charge in [-0.25, -0.2) is 4.39 Å². The van der Waals surface area contributed by atoms with Crippen LogP contribution in [0.15, 0.2) is 22.7 Å². The van der Waals surface area contributed by atoms with Gasteiger partial charge in [-0.05, 0) is 25.1 Å².